The Morgan fingerprint density at radius 3 is 2.29 bits per heavy atom. The molecule has 3 aliphatic rings. The highest BCUT2D eigenvalue weighted by Gasteiger charge is 2.43. The summed E-state index contributed by atoms with van der Waals surface area (Å²) in [7, 11) is 0. The van der Waals surface area contributed by atoms with E-state index in [9.17, 15) is 28.2 Å². The SMILES string of the molecule is O=C(O)C(F)(F)F.O=C(c1ccc(O)cc1)N1CCC2(CC1)COC(CN1CCCC(O)C1)C2. The summed E-state index contributed by atoms with van der Waals surface area (Å²) < 4.78 is 37.9. The molecule has 0 saturated carbocycles. The number of carbonyl (C=O) groups is 2. The van der Waals surface area contributed by atoms with Gasteiger partial charge < -0.3 is 25.0 Å². The van der Waals surface area contributed by atoms with E-state index in [2.05, 4.69) is 4.90 Å². The van der Waals surface area contributed by atoms with Crippen LogP contribution in [-0.4, -0.2) is 94.7 Å². The molecule has 0 aliphatic carbocycles. The fourth-order valence-corrected chi connectivity index (χ4v) is 4.82. The van der Waals surface area contributed by atoms with E-state index in [-0.39, 0.29) is 29.3 Å². The molecular weight excluding hydrogens is 457 g/mol. The maximum atomic E-state index is 12.7. The lowest BCUT2D eigenvalue weighted by Gasteiger charge is -2.38. The fraction of sp³-hybridized carbons (Fsp3) is 0.652. The number of aromatic hydroxyl groups is 1. The Hall–Kier alpha value is -2.37. The molecule has 11 heteroatoms. The van der Waals surface area contributed by atoms with Crippen LogP contribution in [0.5, 0.6) is 5.75 Å². The molecule has 0 bridgehead atoms. The Kier molecular flexibility index (Phi) is 8.43. The van der Waals surface area contributed by atoms with E-state index in [0.717, 1.165) is 71.4 Å². The van der Waals surface area contributed by atoms with E-state index in [1.54, 1.807) is 24.3 Å². The molecule has 1 spiro atoms. The highest BCUT2D eigenvalue weighted by molar-refractivity contribution is 5.94. The van der Waals surface area contributed by atoms with Crippen LogP contribution in [0.3, 0.4) is 0 Å². The van der Waals surface area contributed by atoms with Gasteiger partial charge in [-0.1, -0.05) is 0 Å². The maximum absolute atomic E-state index is 12.7. The molecule has 3 fully saturated rings. The fourth-order valence-electron chi connectivity index (χ4n) is 4.82. The Bertz CT molecular complexity index is 840. The lowest BCUT2D eigenvalue weighted by atomic mass is 9.76. The first-order valence-corrected chi connectivity index (χ1v) is 11.4. The minimum absolute atomic E-state index is 0.0441. The number of piperidine rings is 2. The van der Waals surface area contributed by atoms with Gasteiger partial charge in [0.05, 0.1) is 18.8 Å². The summed E-state index contributed by atoms with van der Waals surface area (Å²) in [5.41, 5.74) is 0.832. The predicted molar refractivity (Wildman–Crippen MR) is 115 cm³/mol. The molecule has 1 aromatic carbocycles. The van der Waals surface area contributed by atoms with Gasteiger partial charge in [-0.2, -0.15) is 13.2 Å². The number of carbonyl (C=O) groups excluding carboxylic acids is 1. The number of carboxylic acids is 1. The number of carboxylic acid groups (broad SMARTS) is 1. The average Bonchev–Trinajstić information content (AvgIpc) is 3.16. The highest BCUT2D eigenvalue weighted by Crippen LogP contribution is 2.42. The van der Waals surface area contributed by atoms with Gasteiger partial charge in [-0.15, -0.1) is 0 Å². The van der Waals surface area contributed by atoms with Gasteiger partial charge in [-0.25, -0.2) is 4.79 Å². The van der Waals surface area contributed by atoms with Crippen LogP contribution in [0.25, 0.3) is 0 Å². The van der Waals surface area contributed by atoms with Gasteiger partial charge in [0.25, 0.3) is 5.91 Å². The number of aliphatic hydroxyl groups is 1. The van der Waals surface area contributed by atoms with Gasteiger partial charge in [0, 0.05) is 31.7 Å². The number of halogens is 3. The van der Waals surface area contributed by atoms with Crippen LogP contribution in [0.4, 0.5) is 13.2 Å². The minimum Gasteiger partial charge on any atom is -0.508 e. The number of alkyl halides is 3. The molecule has 0 radical (unpaired) electrons. The van der Waals surface area contributed by atoms with Crippen molar-refractivity contribution in [1.82, 2.24) is 9.80 Å². The molecule has 1 aromatic rings. The van der Waals surface area contributed by atoms with Crippen LogP contribution in [0.2, 0.25) is 0 Å². The van der Waals surface area contributed by atoms with Crippen molar-refractivity contribution in [2.75, 3.05) is 39.3 Å². The van der Waals surface area contributed by atoms with Crippen molar-refractivity contribution in [2.24, 2.45) is 5.41 Å². The second-order valence-corrected chi connectivity index (χ2v) is 9.33. The second kappa shape index (κ2) is 10.9. The van der Waals surface area contributed by atoms with Crippen LogP contribution in [0, 0.1) is 5.41 Å². The first-order chi connectivity index (χ1) is 16.0. The largest absolute Gasteiger partial charge is 0.508 e. The summed E-state index contributed by atoms with van der Waals surface area (Å²) in [5.74, 6) is -2.53. The number of likely N-dealkylation sites (tertiary alicyclic amines) is 2. The molecule has 2 atom stereocenters. The van der Waals surface area contributed by atoms with Crippen LogP contribution < -0.4 is 0 Å². The number of amides is 1. The molecular formula is C23H31F3N2O6. The third kappa shape index (κ3) is 7.07. The van der Waals surface area contributed by atoms with Crippen molar-refractivity contribution in [3.63, 3.8) is 0 Å². The van der Waals surface area contributed by atoms with Crippen LogP contribution in [0.1, 0.15) is 42.5 Å². The zero-order valence-electron chi connectivity index (χ0n) is 18.8. The summed E-state index contributed by atoms with van der Waals surface area (Å²) in [6.07, 6.45) is -0.0327. The lowest BCUT2D eigenvalue weighted by Crippen LogP contribution is -2.44. The molecule has 3 N–H and O–H groups in total. The van der Waals surface area contributed by atoms with Gasteiger partial charge in [0.1, 0.15) is 5.75 Å². The molecule has 34 heavy (non-hydrogen) atoms. The van der Waals surface area contributed by atoms with Crippen molar-refractivity contribution < 1.29 is 42.8 Å². The molecule has 8 nitrogen and oxygen atoms in total. The van der Waals surface area contributed by atoms with E-state index in [4.69, 9.17) is 14.6 Å². The predicted octanol–water partition coefficient (Wildman–Crippen LogP) is 2.49. The van der Waals surface area contributed by atoms with Crippen LogP contribution in [-0.2, 0) is 9.53 Å². The van der Waals surface area contributed by atoms with Gasteiger partial charge in [0.2, 0.25) is 0 Å². The van der Waals surface area contributed by atoms with Crippen LogP contribution in [0.15, 0.2) is 24.3 Å². The third-order valence-electron chi connectivity index (χ3n) is 6.70. The second-order valence-electron chi connectivity index (χ2n) is 9.33. The first-order valence-electron chi connectivity index (χ1n) is 11.4. The number of hydrogen-bond acceptors (Lipinski definition) is 6. The molecule has 1 amide bonds. The maximum Gasteiger partial charge on any atom is 0.490 e. The molecule has 3 heterocycles. The van der Waals surface area contributed by atoms with Crippen molar-refractivity contribution in [2.45, 2.75) is 50.5 Å². The summed E-state index contributed by atoms with van der Waals surface area (Å²) in [6, 6.07) is 6.49. The number of benzene rings is 1. The van der Waals surface area contributed by atoms with Crippen molar-refractivity contribution in [3.05, 3.63) is 29.8 Å². The molecule has 3 saturated heterocycles. The number of aliphatic carboxylic acids is 1. The molecule has 2 unspecified atom stereocenters. The standard InChI is InChI=1S/C21H30N2O4.C2HF3O2/c24-17-5-3-16(4-6-17)20(26)23-10-7-21(8-11-23)12-19(27-15-21)14-22-9-1-2-18(25)13-22;3-2(4,5)1(6)7/h3-6,18-19,24-25H,1-2,7-15H2;(H,6,7). The van der Waals surface area contributed by atoms with E-state index >= 15 is 0 Å². The normalized spacial score (nSPS) is 25.0. The number of phenols is 1. The van der Waals surface area contributed by atoms with Crippen molar-refractivity contribution >= 4 is 11.9 Å². The highest BCUT2D eigenvalue weighted by atomic mass is 19.4. The summed E-state index contributed by atoms with van der Waals surface area (Å²) in [4.78, 5) is 25.8. The number of aliphatic hydroxyl groups excluding tert-OH is 1. The van der Waals surface area contributed by atoms with Crippen molar-refractivity contribution in [1.29, 1.82) is 0 Å². The summed E-state index contributed by atoms with van der Waals surface area (Å²) in [6.45, 7) is 5.04. The number of hydrogen-bond donors (Lipinski definition) is 3. The van der Waals surface area contributed by atoms with Gasteiger partial charge >= 0.3 is 12.1 Å². The van der Waals surface area contributed by atoms with Gasteiger partial charge in [0.15, 0.2) is 0 Å². The quantitative estimate of drug-likeness (QED) is 0.600. The van der Waals surface area contributed by atoms with Gasteiger partial charge in [-0.3, -0.25) is 9.69 Å². The van der Waals surface area contributed by atoms with E-state index in [0.29, 0.717) is 5.56 Å². The average molecular weight is 489 g/mol. The number of ether oxygens (including phenoxy) is 1. The minimum atomic E-state index is -5.08. The van der Waals surface area contributed by atoms with E-state index in [1.807, 2.05) is 4.90 Å². The number of β-amino-alcohol motifs (C(OH)–C–C–N with tert-alkyl or cyclic N) is 1. The Morgan fingerprint density at radius 2 is 1.74 bits per heavy atom. The Morgan fingerprint density at radius 1 is 1.12 bits per heavy atom. The lowest BCUT2D eigenvalue weighted by molar-refractivity contribution is -0.192. The first kappa shape index (κ1) is 26.2. The van der Waals surface area contributed by atoms with Crippen molar-refractivity contribution in [3.8, 4) is 5.75 Å². The summed E-state index contributed by atoms with van der Waals surface area (Å²) in [5, 5.41) is 26.4. The van der Waals surface area contributed by atoms with Crippen LogP contribution >= 0.6 is 0 Å². The number of phenolic OH excluding ortho intramolecular Hbond substituents is 1. The third-order valence-corrected chi connectivity index (χ3v) is 6.70. The molecule has 190 valence electrons. The zero-order valence-corrected chi connectivity index (χ0v) is 18.8. The van der Waals surface area contributed by atoms with Gasteiger partial charge in [-0.05, 0) is 68.3 Å². The topological polar surface area (TPSA) is 111 Å². The molecule has 0 aromatic heterocycles. The zero-order chi connectivity index (χ0) is 24.9. The smallest absolute Gasteiger partial charge is 0.490 e. The van der Waals surface area contributed by atoms with E-state index < -0.39 is 12.1 Å². The monoisotopic (exact) mass is 488 g/mol. The summed E-state index contributed by atoms with van der Waals surface area (Å²) >= 11 is 0. The van der Waals surface area contributed by atoms with E-state index in [1.165, 1.54) is 0 Å². The Balaban J connectivity index is 0.000000406. The Labute approximate surface area is 195 Å². The molecule has 4 rings (SSSR count). The number of rotatable bonds is 3. The molecule has 3 aliphatic heterocycles. The number of nitrogens with zero attached hydrogens (tertiary/aromatic N) is 2.